The first kappa shape index (κ1) is 9.00. The van der Waals surface area contributed by atoms with E-state index in [4.69, 9.17) is 11.6 Å². The maximum atomic E-state index is 5.56. The zero-order valence-corrected chi connectivity index (χ0v) is 7.38. The highest BCUT2D eigenvalue weighted by Crippen LogP contribution is 2.04. The second kappa shape index (κ2) is 4.72. The van der Waals surface area contributed by atoms with E-state index in [1.165, 1.54) is 6.20 Å². The normalized spacial score (nSPS) is 9.42. The van der Waals surface area contributed by atoms with Crippen molar-refractivity contribution in [2.24, 2.45) is 0 Å². The lowest BCUT2D eigenvalue weighted by Gasteiger charge is -2.01. The molecule has 1 rings (SSSR count). The molecule has 4 heteroatoms. The Morgan fingerprint density at radius 1 is 1.50 bits per heavy atom. The monoisotopic (exact) mass is 183 g/mol. The van der Waals surface area contributed by atoms with Crippen molar-refractivity contribution in [3.05, 3.63) is 30.2 Å². The molecular weight excluding hydrogens is 174 g/mol. The van der Waals surface area contributed by atoms with E-state index in [0.29, 0.717) is 5.15 Å². The maximum Gasteiger partial charge on any atom is 0.147 e. The van der Waals surface area contributed by atoms with Gasteiger partial charge in [0.1, 0.15) is 11.0 Å². The van der Waals surface area contributed by atoms with Gasteiger partial charge in [-0.2, -0.15) is 0 Å². The molecule has 0 aliphatic carbocycles. The molecule has 0 aliphatic heterocycles. The fourth-order valence-electron chi connectivity index (χ4n) is 0.706. The molecule has 1 aromatic rings. The lowest BCUT2D eigenvalue weighted by molar-refractivity contribution is 1.04. The van der Waals surface area contributed by atoms with Crippen LogP contribution in [-0.4, -0.2) is 16.5 Å². The molecule has 0 atom stereocenters. The van der Waals surface area contributed by atoms with Gasteiger partial charge in [0.2, 0.25) is 0 Å². The summed E-state index contributed by atoms with van der Waals surface area (Å²) in [6.45, 7) is 4.43. The second-order valence-electron chi connectivity index (χ2n) is 2.23. The molecule has 0 aliphatic rings. The quantitative estimate of drug-likeness (QED) is 0.574. The Morgan fingerprint density at radius 2 is 2.33 bits per heavy atom. The summed E-state index contributed by atoms with van der Waals surface area (Å²) < 4.78 is 0. The van der Waals surface area contributed by atoms with Crippen LogP contribution in [0.5, 0.6) is 0 Å². The zero-order valence-electron chi connectivity index (χ0n) is 6.63. The van der Waals surface area contributed by atoms with E-state index < -0.39 is 0 Å². The third-order valence-corrected chi connectivity index (χ3v) is 1.47. The highest BCUT2D eigenvalue weighted by atomic mass is 35.5. The largest absolute Gasteiger partial charge is 0.368 e. The van der Waals surface area contributed by atoms with Crippen LogP contribution in [0.1, 0.15) is 6.42 Å². The highest BCUT2D eigenvalue weighted by molar-refractivity contribution is 6.29. The molecule has 0 amide bonds. The van der Waals surface area contributed by atoms with Gasteiger partial charge >= 0.3 is 0 Å². The Balaban J connectivity index is 2.42. The fourth-order valence-corrected chi connectivity index (χ4v) is 0.803. The number of hydrogen-bond acceptors (Lipinski definition) is 3. The van der Waals surface area contributed by atoms with Crippen LogP contribution < -0.4 is 5.32 Å². The number of halogens is 1. The van der Waals surface area contributed by atoms with Crippen molar-refractivity contribution in [2.75, 3.05) is 11.9 Å². The van der Waals surface area contributed by atoms with Crippen molar-refractivity contribution in [1.82, 2.24) is 9.97 Å². The molecule has 12 heavy (non-hydrogen) atoms. The molecule has 0 saturated carbocycles. The predicted octanol–water partition coefficient (Wildman–Crippen LogP) is 2.12. The molecule has 0 saturated heterocycles. The van der Waals surface area contributed by atoms with Crippen LogP contribution in [0.25, 0.3) is 0 Å². The van der Waals surface area contributed by atoms with Crippen LogP contribution in [0.4, 0.5) is 5.82 Å². The molecule has 0 fully saturated rings. The van der Waals surface area contributed by atoms with E-state index in [1.807, 2.05) is 6.08 Å². The molecule has 0 bridgehead atoms. The fraction of sp³-hybridized carbons (Fsp3) is 0.250. The van der Waals surface area contributed by atoms with Crippen LogP contribution in [0, 0.1) is 0 Å². The Labute approximate surface area is 76.5 Å². The van der Waals surface area contributed by atoms with Crippen LogP contribution in [-0.2, 0) is 0 Å². The van der Waals surface area contributed by atoms with Crippen molar-refractivity contribution >= 4 is 17.4 Å². The number of rotatable bonds is 4. The second-order valence-corrected chi connectivity index (χ2v) is 2.62. The van der Waals surface area contributed by atoms with Gasteiger partial charge in [0, 0.05) is 6.54 Å². The van der Waals surface area contributed by atoms with Gasteiger partial charge < -0.3 is 5.32 Å². The Hall–Kier alpha value is -1.09. The van der Waals surface area contributed by atoms with Crippen molar-refractivity contribution < 1.29 is 0 Å². The van der Waals surface area contributed by atoms with E-state index in [-0.39, 0.29) is 0 Å². The zero-order chi connectivity index (χ0) is 8.81. The molecule has 3 nitrogen and oxygen atoms in total. The van der Waals surface area contributed by atoms with Gasteiger partial charge in [0.05, 0.1) is 12.4 Å². The van der Waals surface area contributed by atoms with Gasteiger partial charge in [0.15, 0.2) is 0 Å². The third-order valence-electron chi connectivity index (χ3n) is 1.27. The molecule has 1 aromatic heterocycles. The van der Waals surface area contributed by atoms with Gasteiger partial charge in [-0.25, -0.2) is 9.97 Å². The number of nitrogens with one attached hydrogen (secondary N) is 1. The molecule has 64 valence electrons. The average Bonchev–Trinajstić information content (AvgIpc) is 2.09. The summed E-state index contributed by atoms with van der Waals surface area (Å²) in [6.07, 6.45) is 5.86. The van der Waals surface area contributed by atoms with Gasteiger partial charge in [-0.1, -0.05) is 17.7 Å². The van der Waals surface area contributed by atoms with Crippen molar-refractivity contribution in [3.63, 3.8) is 0 Å². The van der Waals surface area contributed by atoms with E-state index in [2.05, 4.69) is 21.9 Å². The minimum Gasteiger partial charge on any atom is -0.368 e. The molecule has 0 unspecified atom stereocenters. The smallest absolute Gasteiger partial charge is 0.147 e. The van der Waals surface area contributed by atoms with Gasteiger partial charge in [-0.3, -0.25) is 0 Å². The molecule has 0 aromatic carbocycles. The van der Waals surface area contributed by atoms with Gasteiger partial charge in [-0.05, 0) is 6.42 Å². The number of anilines is 1. The van der Waals surface area contributed by atoms with E-state index in [9.17, 15) is 0 Å². The summed E-state index contributed by atoms with van der Waals surface area (Å²) in [5.74, 6) is 0.737. The highest BCUT2D eigenvalue weighted by Gasteiger charge is 1.92. The van der Waals surface area contributed by atoms with Gasteiger partial charge in [0.25, 0.3) is 0 Å². The Bertz CT molecular complexity index is 245. The Morgan fingerprint density at radius 3 is 2.92 bits per heavy atom. The standard InChI is InChI=1S/C8H10ClN3/c1-2-3-4-10-8-6-11-7(9)5-12-8/h2,5-6H,1,3-4H2,(H,10,12). The van der Waals surface area contributed by atoms with Crippen LogP contribution in [0.3, 0.4) is 0 Å². The van der Waals surface area contributed by atoms with E-state index in [0.717, 1.165) is 18.8 Å². The first-order chi connectivity index (χ1) is 5.83. The van der Waals surface area contributed by atoms with Crippen LogP contribution in [0.2, 0.25) is 5.15 Å². The van der Waals surface area contributed by atoms with Crippen molar-refractivity contribution in [2.45, 2.75) is 6.42 Å². The summed E-state index contributed by atoms with van der Waals surface area (Å²) in [6, 6.07) is 0. The SMILES string of the molecule is C=CCCNc1cnc(Cl)cn1. The van der Waals surface area contributed by atoms with E-state index >= 15 is 0 Å². The lowest BCUT2D eigenvalue weighted by atomic mass is 10.4. The van der Waals surface area contributed by atoms with Gasteiger partial charge in [-0.15, -0.1) is 6.58 Å². The third kappa shape index (κ3) is 2.88. The van der Waals surface area contributed by atoms with Crippen molar-refractivity contribution in [3.8, 4) is 0 Å². The molecular formula is C8H10ClN3. The minimum absolute atomic E-state index is 0.407. The summed E-state index contributed by atoms with van der Waals surface area (Å²) >= 11 is 5.56. The molecule has 0 spiro atoms. The van der Waals surface area contributed by atoms with E-state index in [1.54, 1.807) is 6.20 Å². The summed E-state index contributed by atoms with van der Waals surface area (Å²) in [4.78, 5) is 7.88. The topological polar surface area (TPSA) is 37.8 Å². The molecule has 1 N–H and O–H groups in total. The number of aromatic nitrogens is 2. The Kier molecular flexibility index (Phi) is 3.54. The predicted molar refractivity (Wildman–Crippen MR) is 50.3 cm³/mol. The average molecular weight is 184 g/mol. The number of nitrogens with zero attached hydrogens (tertiary/aromatic N) is 2. The summed E-state index contributed by atoms with van der Waals surface area (Å²) in [5.41, 5.74) is 0. The number of hydrogen-bond donors (Lipinski definition) is 1. The lowest BCUT2D eigenvalue weighted by Crippen LogP contribution is -2.02. The molecule has 1 heterocycles. The van der Waals surface area contributed by atoms with Crippen LogP contribution in [0.15, 0.2) is 25.0 Å². The minimum atomic E-state index is 0.407. The first-order valence-corrected chi connectivity index (χ1v) is 4.03. The first-order valence-electron chi connectivity index (χ1n) is 3.65. The van der Waals surface area contributed by atoms with Crippen LogP contribution >= 0.6 is 11.6 Å². The van der Waals surface area contributed by atoms with Crippen molar-refractivity contribution in [1.29, 1.82) is 0 Å². The summed E-state index contributed by atoms with van der Waals surface area (Å²) in [5, 5.41) is 3.48. The maximum absolute atomic E-state index is 5.56. The summed E-state index contributed by atoms with van der Waals surface area (Å²) in [7, 11) is 0. The molecule has 0 radical (unpaired) electrons.